The number of hydrogen-bond donors (Lipinski definition) is 1. The van der Waals surface area contributed by atoms with Gasteiger partial charge in [0.05, 0.1) is 27.0 Å². The van der Waals surface area contributed by atoms with E-state index in [1.807, 2.05) is 0 Å². The number of aromatic nitrogens is 2. The maximum absolute atomic E-state index is 13.0. The molecule has 0 aliphatic heterocycles. The van der Waals surface area contributed by atoms with Crippen LogP contribution in [0, 0.1) is 0 Å². The lowest BCUT2D eigenvalue weighted by Gasteiger charge is -2.19. The van der Waals surface area contributed by atoms with E-state index >= 15 is 0 Å². The van der Waals surface area contributed by atoms with Gasteiger partial charge in [0.25, 0.3) is 15.6 Å². The minimum absolute atomic E-state index is 0.0451. The fourth-order valence-corrected chi connectivity index (χ4v) is 4.57. The van der Waals surface area contributed by atoms with Crippen molar-refractivity contribution in [2.75, 3.05) is 11.4 Å². The first kappa shape index (κ1) is 22.5. The second-order valence-electron chi connectivity index (χ2n) is 7.09. The van der Waals surface area contributed by atoms with Crippen LogP contribution >= 0.6 is 11.6 Å². The molecule has 0 fully saturated rings. The molecule has 1 N–H and O–H groups in total. The number of carbonyl (C=O) groups excluding carboxylic acids is 1. The number of anilines is 1. The van der Waals surface area contributed by atoms with Gasteiger partial charge in [-0.2, -0.15) is 0 Å². The Morgan fingerprint density at radius 2 is 1.82 bits per heavy atom. The van der Waals surface area contributed by atoms with E-state index in [0.29, 0.717) is 21.6 Å². The van der Waals surface area contributed by atoms with E-state index in [-0.39, 0.29) is 28.4 Å². The Hall–Kier alpha value is -3.69. The van der Waals surface area contributed by atoms with Crippen LogP contribution in [0.1, 0.15) is 16.2 Å². The highest BCUT2D eigenvalue weighted by molar-refractivity contribution is 7.92. The summed E-state index contributed by atoms with van der Waals surface area (Å²) in [5.74, 6) is -0.626. The van der Waals surface area contributed by atoms with Crippen LogP contribution in [0.25, 0.3) is 10.9 Å². The first-order chi connectivity index (χ1) is 15.8. The third-order valence-corrected chi connectivity index (χ3v) is 6.92. The third kappa shape index (κ3) is 4.74. The summed E-state index contributed by atoms with van der Waals surface area (Å²) in [5.41, 5.74) is 0.509. The van der Waals surface area contributed by atoms with Crippen molar-refractivity contribution in [1.82, 2.24) is 9.97 Å². The maximum Gasteiger partial charge on any atom is 0.338 e. The number of halogens is 1. The number of hydrogen-bond acceptors (Lipinski definition) is 6. The Labute approximate surface area is 194 Å². The lowest BCUT2D eigenvalue weighted by molar-refractivity contribution is 0.0462. The standard InChI is InChI=1S/C23H18ClN3O5S/c1-27(17-7-3-2-4-8-17)33(30,31)18-9-5-6-15(12-18)23(29)32-14-21-25-20-13-16(24)10-11-19(20)22(28)26-21/h2-13H,14H2,1H3,(H,25,26,28). The van der Waals surface area contributed by atoms with Crippen LogP contribution in [-0.2, 0) is 21.4 Å². The number of ether oxygens (including phenoxy) is 1. The quantitative estimate of drug-likeness (QED) is 0.418. The summed E-state index contributed by atoms with van der Waals surface area (Å²) < 4.78 is 32.4. The number of rotatable bonds is 6. The Bertz CT molecular complexity index is 1500. The van der Waals surface area contributed by atoms with Gasteiger partial charge in [-0.3, -0.25) is 9.10 Å². The fraction of sp³-hybridized carbons (Fsp3) is 0.0870. The first-order valence-corrected chi connectivity index (χ1v) is 11.6. The second-order valence-corrected chi connectivity index (χ2v) is 9.49. The molecule has 0 aliphatic carbocycles. The zero-order chi connectivity index (χ0) is 23.6. The number of benzene rings is 3. The van der Waals surface area contributed by atoms with Crippen LogP contribution in [-0.4, -0.2) is 31.4 Å². The lowest BCUT2D eigenvalue weighted by atomic mass is 10.2. The highest BCUT2D eigenvalue weighted by Gasteiger charge is 2.22. The van der Waals surface area contributed by atoms with Gasteiger partial charge in [-0.05, 0) is 48.5 Å². The molecule has 0 bridgehead atoms. The minimum Gasteiger partial charge on any atom is -0.454 e. The molecule has 0 saturated carbocycles. The molecule has 0 unspecified atom stereocenters. The number of sulfonamides is 1. The minimum atomic E-state index is -3.90. The van der Waals surface area contributed by atoms with Crippen molar-refractivity contribution in [3.05, 3.63) is 99.6 Å². The average Bonchev–Trinajstić information content (AvgIpc) is 2.82. The molecule has 3 aromatic carbocycles. The molecule has 33 heavy (non-hydrogen) atoms. The van der Waals surface area contributed by atoms with Gasteiger partial charge in [-0.1, -0.05) is 35.9 Å². The number of esters is 1. The lowest BCUT2D eigenvalue weighted by Crippen LogP contribution is -2.26. The molecule has 0 saturated heterocycles. The average molecular weight is 484 g/mol. The van der Waals surface area contributed by atoms with Crippen LogP contribution in [0.5, 0.6) is 0 Å². The van der Waals surface area contributed by atoms with Crippen molar-refractivity contribution in [3.63, 3.8) is 0 Å². The van der Waals surface area contributed by atoms with Crippen molar-refractivity contribution in [2.45, 2.75) is 11.5 Å². The largest absolute Gasteiger partial charge is 0.454 e. The SMILES string of the molecule is CN(c1ccccc1)S(=O)(=O)c1cccc(C(=O)OCc2nc3cc(Cl)ccc3c(=O)[nH]2)c1. The summed E-state index contributed by atoms with van der Waals surface area (Å²) in [5, 5.41) is 0.775. The molecule has 0 aliphatic rings. The molecule has 1 aromatic heterocycles. The van der Waals surface area contributed by atoms with Gasteiger partial charge in [0.2, 0.25) is 0 Å². The van der Waals surface area contributed by atoms with E-state index in [1.54, 1.807) is 42.5 Å². The Morgan fingerprint density at radius 3 is 2.58 bits per heavy atom. The predicted octanol–water partition coefficient (Wildman–Crippen LogP) is 3.76. The van der Waals surface area contributed by atoms with Gasteiger partial charge < -0.3 is 9.72 Å². The van der Waals surface area contributed by atoms with E-state index in [4.69, 9.17) is 16.3 Å². The number of fused-ring (bicyclic) bond motifs is 1. The van der Waals surface area contributed by atoms with Gasteiger partial charge in [-0.15, -0.1) is 0 Å². The summed E-state index contributed by atoms with van der Waals surface area (Å²) >= 11 is 5.95. The summed E-state index contributed by atoms with van der Waals surface area (Å²) in [6.45, 7) is -0.308. The fourth-order valence-electron chi connectivity index (χ4n) is 3.16. The molecule has 10 heteroatoms. The van der Waals surface area contributed by atoms with Gasteiger partial charge in [0, 0.05) is 12.1 Å². The molecular weight excluding hydrogens is 466 g/mol. The molecular formula is C23H18ClN3O5S. The van der Waals surface area contributed by atoms with Crippen LogP contribution in [0.2, 0.25) is 5.02 Å². The molecule has 0 radical (unpaired) electrons. The second kappa shape index (κ2) is 9.05. The normalized spacial score (nSPS) is 11.3. The summed E-state index contributed by atoms with van der Waals surface area (Å²) in [6.07, 6.45) is 0. The van der Waals surface area contributed by atoms with E-state index in [9.17, 15) is 18.0 Å². The Kier molecular flexibility index (Phi) is 6.17. The van der Waals surface area contributed by atoms with Crippen LogP contribution in [0.15, 0.2) is 82.5 Å². The molecule has 168 valence electrons. The molecule has 4 rings (SSSR count). The molecule has 4 aromatic rings. The van der Waals surface area contributed by atoms with Crippen molar-refractivity contribution in [2.24, 2.45) is 0 Å². The van der Waals surface area contributed by atoms with Crippen molar-refractivity contribution < 1.29 is 17.9 Å². The zero-order valence-corrected chi connectivity index (χ0v) is 18.9. The van der Waals surface area contributed by atoms with Gasteiger partial charge in [0.1, 0.15) is 12.4 Å². The van der Waals surface area contributed by atoms with Crippen LogP contribution in [0.3, 0.4) is 0 Å². The maximum atomic E-state index is 13.0. The predicted molar refractivity (Wildman–Crippen MR) is 125 cm³/mol. The number of nitrogens with one attached hydrogen (secondary N) is 1. The number of para-hydroxylation sites is 1. The number of H-pyrrole nitrogens is 1. The first-order valence-electron chi connectivity index (χ1n) is 9.75. The van der Waals surface area contributed by atoms with E-state index < -0.39 is 16.0 Å². The number of carbonyl (C=O) groups is 1. The van der Waals surface area contributed by atoms with Gasteiger partial charge in [-0.25, -0.2) is 18.2 Å². The number of nitrogens with zero attached hydrogens (tertiary/aromatic N) is 2. The zero-order valence-electron chi connectivity index (χ0n) is 17.4. The van der Waals surface area contributed by atoms with Crippen molar-refractivity contribution in [3.8, 4) is 0 Å². The monoisotopic (exact) mass is 483 g/mol. The van der Waals surface area contributed by atoms with E-state index in [2.05, 4.69) is 9.97 Å². The summed E-state index contributed by atoms with van der Waals surface area (Å²) in [7, 11) is -2.46. The number of aromatic amines is 1. The highest BCUT2D eigenvalue weighted by atomic mass is 35.5. The molecule has 0 spiro atoms. The highest BCUT2D eigenvalue weighted by Crippen LogP contribution is 2.22. The third-order valence-electron chi connectivity index (χ3n) is 4.91. The Balaban J connectivity index is 1.54. The van der Waals surface area contributed by atoms with Crippen LogP contribution < -0.4 is 9.86 Å². The van der Waals surface area contributed by atoms with Gasteiger partial charge in [0.15, 0.2) is 0 Å². The van der Waals surface area contributed by atoms with Crippen molar-refractivity contribution in [1.29, 1.82) is 0 Å². The van der Waals surface area contributed by atoms with E-state index in [0.717, 1.165) is 4.31 Å². The molecule has 0 atom stereocenters. The Morgan fingerprint density at radius 1 is 1.06 bits per heavy atom. The molecule has 0 amide bonds. The molecule has 8 nitrogen and oxygen atoms in total. The molecule has 1 heterocycles. The smallest absolute Gasteiger partial charge is 0.338 e. The topological polar surface area (TPSA) is 109 Å². The summed E-state index contributed by atoms with van der Waals surface area (Å²) in [6, 6.07) is 18.8. The van der Waals surface area contributed by atoms with Crippen LogP contribution in [0.4, 0.5) is 5.69 Å². The summed E-state index contributed by atoms with van der Waals surface area (Å²) in [4.78, 5) is 31.5. The van der Waals surface area contributed by atoms with Crippen molar-refractivity contribution >= 4 is 44.2 Å². The van der Waals surface area contributed by atoms with Gasteiger partial charge >= 0.3 is 5.97 Å². The van der Waals surface area contributed by atoms with E-state index in [1.165, 1.54) is 37.4 Å².